The fraction of sp³-hybridized carbons (Fsp3) is 0.263. The van der Waals surface area contributed by atoms with Gasteiger partial charge in [0.1, 0.15) is 25.4 Å². The minimum absolute atomic E-state index is 0. The zero-order chi connectivity index (χ0) is 19.5. The van der Waals surface area contributed by atoms with Crippen LogP contribution in [-0.4, -0.2) is 39.7 Å². The number of hydrogen-bond donors (Lipinski definition) is 2. The topological polar surface area (TPSA) is 108 Å². The van der Waals surface area contributed by atoms with Gasteiger partial charge in [0.15, 0.2) is 5.75 Å². The number of ether oxygens (including phenoxy) is 2. The third kappa shape index (κ3) is 4.48. The van der Waals surface area contributed by atoms with Crippen LogP contribution in [0.15, 0.2) is 36.9 Å². The maximum Gasteiger partial charge on any atom is 0.257 e. The number of nitrogens with zero attached hydrogens (tertiary/aromatic N) is 4. The number of nitrogens with one attached hydrogen (secondary N) is 1. The summed E-state index contributed by atoms with van der Waals surface area (Å²) in [7, 11) is 0. The van der Waals surface area contributed by atoms with Gasteiger partial charge in [0.05, 0.1) is 11.4 Å². The molecule has 0 bridgehead atoms. The van der Waals surface area contributed by atoms with Crippen molar-refractivity contribution >= 4 is 25.0 Å². The van der Waals surface area contributed by atoms with Crippen LogP contribution in [0.5, 0.6) is 11.6 Å². The summed E-state index contributed by atoms with van der Waals surface area (Å²) in [6, 6.07) is 5.19. The van der Waals surface area contributed by atoms with Gasteiger partial charge in [0.2, 0.25) is 5.95 Å². The number of fused-ring (bicyclic) bond motifs is 1. The zero-order valence-electron chi connectivity index (χ0n) is 15.7. The summed E-state index contributed by atoms with van der Waals surface area (Å²) in [5, 5.41) is 3.29. The first-order valence-electron chi connectivity index (χ1n) is 8.83. The molecule has 4 rings (SSSR count). The Bertz CT molecular complexity index is 1010. The number of nitrogen functional groups attached to an aromatic ring is 1. The highest BCUT2D eigenvalue weighted by atomic mass is 32.1. The molecule has 0 fully saturated rings. The highest BCUT2D eigenvalue weighted by Gasteiger charge is 2.20. The average molecular weight is 416 g/mol. The molecule has 0 aromatic carbocycles. The molecule has 152 valence electrons. The van der Waals surface area contributed by atoms with E-state index in [1.54, 1.807) is 12.3 Å². The van der Waals surface area contributed by atoms with Crippen LogP contribution < -0.4 is 20.5 Å². The molecule has 3 N–H and O–H groups in total. The molecule has 3 aromatic rings. The number of hydrogen-bond acceptors (Lipinski definition) is 8. The Morgan fingerprint density at radius 2 is 2.00 bits per heavy atom. The van der Waals surface area contributed by atoms with E-state index in [0.717, 1.165) is 5.56 Å². The molecule has 1 aliphatic rings. The average Bonchev–Trinajstić information content (AvgIpc) is 2.74. The third-order valence-electron chi connectivity index (χ3n) is 4.42. The fourth-order valence-electron chi connectivity index (χ4n) is 2.95. The van der Waals surface area contributed by atoms with Crippen LogP contribution in [0, 0.1) is 5.95 Å². The lowest BCUT2D eigenvalue weighted by Gasteiger charge is -2.22. The molecule has 8 nitrogen and oxygen atoms in total. The first-order valence-corrected chi connectivity index (χ1v) is 8.83. The number of aromatic nitrogens is 4. The second kappa shape index (κ2) is 8.91. The fourth-order valence-corrected chi connectivity index (χ4v) is 2.95. The molecule has 0 saturated heterocycles. The van der Waals surface area contributed by atoms with Crippen LogP contribution in [0.2, 0.25) is 0 Å². The van der Waals surface area contributed by atoms with Crippen molar-refractivity contribution in [3.63, 3.8) is 0 Å². The van der Waals surface area contributed by atoms with Crippen molar-refractivity contribution in [1.29, 1.82) is 0 Å². The van der Waals surface area contributed by atoms with E-state index in [1.807, 2.05) is 6.07 Å². The summed E-state index contributed by atoms with van der Waals surface area (Å²) in [4.78, 5) is 16.3. The molecule has 10 heteroatoms. The Morgan fingerprint density at radius 3 is 2.83 bits per heavy atom. The second-order valence-corrected chi connectivity index (χ2v) is 6.41. The summed E-state index contributed by atoms with van der Waals surface area (Å²) in [5.74, 6) is 1.29. The second-order valence-electron chi connectivity index (χ2n) is 6.41. The molecule has 0 amide bonds. The van der Waals surface area contributed by atoms with E-state index in [-0.39, 0.29) is 25.1 Å². The SMILES string of the molecule is C[C@H](CNc1cc(-c2cnc(F)c(N)c2)ncn1)c1ccnc2c1OCCO2.S. The van der Waals surface area contributed by atoms with Crippen LogP contribution in [0.3, 0.4) is 0 Å². The van der Waals surface area contributed by atoms with E-state index in [1.165, 1.54) is 18.6 Å². The van der Waals surface area contributed by atoms with Crippen molar-refractivity contribution in [2.75, 3.05) is 30.8 Å². The molecule has 3 aromatic heterocycles. The van der Waals surface area contributed by atoms with E-state index in [2.05, 4.69) is 32.2 Å². The number of rotatable bonds is 5. The first-order chi connectivity index (χ1) is 13.6. The normalized spacial score (nSPS) is 13.3. The van der Waals surface area contributed by atoms with E-state index in [9.17, 15) is 4.39 Å². The standard InChI is InChI=1S/C19H19FN6O2.H2S/c1-11(13-2-3-22-19-17(13)27-4-5-28-19)8-23-16-7-15(25-10-26-16)12-6-14(21)18(20)24-9-12;/h2-3,6-7,9-11H,4-5,8,21H2,1H3,(H,23,25,26);1H2/t11-;/m1./s1. The van der Waals surface area contributed by atoms with E-state index >= 15 is 0 Å². The lowest BCUT2D eigenvalue weighted by atomic mass is 10.0. The minimum Gasteiger partial charge on any atom is -0.484 e. The highest BCUT2D eigenvalue weighted by molar-refractivity contribution is 7.59. The minimum atomic E-state index is -0.697. The van der Waals surface area contributed by atoms with Gasteiger partial charge in [-0.2, -0.15) is 17.9 Å². The van der Waals surface area contributed by atoms with Crippen LogP contribution in [0.4, 0.5) is 15.9 Å². The molecule has 0 aliphatic carbocycles. The van der Waals surface area contributed by atoms with E-state index in [4.69, 9.17) is 15.2 Å². The largest absolute Gasteiger partial charge is 0.484 e. The smallest absolute Gasteiger partial charge is 0.257 e. The van der Waals surface area contributed by atoms with Crippen LogP contribution in [-0.2, 0) is 0 Å². The molecular formula is C19H21FN6O2S. The van der Waals surface area contributed by atoms with Gasteiger partial charge in [0, 0.05) is 42.0 Å². The highest BCUT2D eigenvalue weighted by Crippen LogP contribution is 2.35. The molecular weight excluding hydrogens is 395 g/mol. The Kier molecular flexibility index (Phi) is 6.32. The van der Waals surface area contributed by atoms with Gasteiger partial charge in [-0.3, -0.25) is 0 Å². The van der Waals surface area contributed by atoms with Gasteiger partial charge in [0.25, 0.3) is 5.88 Å². The van der Waals surface area contributed by atoms with Gasteiger partial charge >= 0.3 is 0 Å². The summed E-state index contributed by atoms with van der Waals surface area (Å²) in [6.45, 7) is 3.70. The number of halogens is 1. The summed E-state index contributed by atoms with van der Waals surface area (Å²) >= 11 is 0. The lowest BCUT2D eigenvalue weighted by molar-refractivity contribution is 0.162. The monoisotopic (exact) mass is 416 g/mol. The van der Waals surface area contributed by atoms with Crippen LogP contribution in [0.25, 0.3) is 11.3 Å². The predicted octanol–water partition coefficient (Wildman–Crippen LogP) is 2.75. The van der Waals surface area contributed by atoms with Crippen molar-refractivity contribution < 1.29 is 13.9 Å². The molecule has 0 radical (unpaired) electrons. The van der Waals surface area contributed by atoms with Gasteiger partial charge in [-0.15, -0.1) is 0 Å². The van der Waals surface area contributed by atoms with E-state index < -0.39 is 5.95 Å². The van der Waals surface area contributed by atoms with Gasteiger partial charge < -0.3 is 20.5 Å². The predicted molar refractivity (Wildman–Crippen MR) is 112 cm³/mol. The van der Waals surface area contributed by atoms with Gasteiger partial charge in [-0.05, 0) is 12.1 Å². The molecule has 0 saturated carbocycles. The maximum atomic E-state index is 13.3. The first kappa shape index (κ1) is 20.6. The number of anilines is 2. The molecule has 1 aliphatic heterocycles. The van der Waals surface area contributed by atoms with Crippen molar-refractivity contribution in [2.24, 2.45) is 0 Å². The van der Waals surface area contributed by atoms with Gasteiger partial charge in [-0.25, -0.2) is 19.9 Å². The van der Waals surface area contributed by atoms with Crippen LogP contribution in [0.1, 0.15) is 18.4 Å². The summed E-state index contributed by atoms with van der Waals surface area (Å²) in [5.41, 5.74) is 7.80. The molecule has 0 unspecified atom stereocenters. The Hall–Kier alpha value is -3.14. The lowest BCUT2D eigenvalue weighted by Crippen LogP contribution is -2.19. The Labute approximate surface area is 174 Å². The Balaban J connectivity index is 0.00000240. The zero-order valence-corrected chi connectivity index (χ0v) is 16.7. The van der Waals surface area contributed by atoms with Crippen molar-refractivity contribution in [3.05, 3.63) is 48.4 Å². The molecule has 0 spiro atoms. The number of nitrogens with two attached hydrogens (primary N) is 1. The molecule has 29 heavy (non-hydrogen) atoms. The quantitative estimate of drug-likeness (QED) is 0.611. The van der Waals surface area contributed by atoms with Crippen molar-refractivity contribution in [2.45, 2.75) is 12.8 Å². The maximum absolute atomic E-state index is 13.3. The van der Waals surface area contributed by atoms with Crippen molar-refractivity contribution in [3.8, 4) is 22.9 Å². The molecule has 1 atom stereocenters. The Morgan fingerprint density at radius 1 is 1.17 bits per heavy atom. The summed E-state index contributed by atoms with van der Waals surface area (Å²) in [6.07, 6.45) is 4.54. The van der Waals surface area contributed by atoms with Crippen LogP contribution >= 0.6 is 13.5 Å². The molecule has 4 heterocycles. The van der Waals surface area contributed by atoms with Crippen molar-refractivity contribution in [1.82, 2.24) is 19.9 Å². The summed E-state index contributed by atoms with van der Waals surface area (Å²) < 4.78 is 24.6. The van der Waals surface area contributed by atoms with E-state index in [0.29, 0.717) is 48.5 Å². The third-order valence-corrected chi connectivity index (χ3v) is 4.42. The van der Waals surface area contributed by atoms with Gasteiger partial charge in [-0.1, -0.05) is 6.92 Å². The number of pyridine rings is 2.